The number of aldehydes is 1. The van der Waals surface area contributed by atoms with Gasteiger partial charge in [0.25, 0.3) is 0 Å². The molecule has 2 unspecified atom stereocenters. The minimum atomic E-state index is -0.305. The number of nitrogens with one attached hydrogen (secondary N) is 1. The molecule has 1 aliphatic carbocycles. The molecule has 4 rings (SSSR count). The van der Waals surface area contributed by atoms with Gasteiger partial charge >= 0.3 is 0 Å². The maximum atomic E-state index is 12.0. The van der Waals surface area contributed by atoms with E-state index >= 15 is 0 Å². The van der Waals surface area contributed by atoms with E-state index in [1.54, 1.807) is 7.11 Å². The van der Waals surface area contributed by atoms with Crippen LogP contribution in [0.1, 0.15) is 63.5 Å². The number of hydrogen-bond acceptors (Lipinski definition) is 6. The van der Waals surface area contributed by atoms with Crippen molar-refractivity contribution in [2.75, 3.05) is 12.4 Å². The number of benzene rings is 2. The van der Waals surface area contributed by atoms with E-state index in [2.05, 4.69) is 12.2 Å². The van der Waals surface area contributed by atoms with Gasteiger partial charge in [0.1, 0.15) is 12.3 Å². The fraction of sp³-hybridized carbons (Fsp3) is 0.464. The van der Waals surface area contributed by atoms with Gasteiger partial charge in [0, 0.05) is 24.1 Å². The van der Waals surface area contributed by atoms with Crippen molar-refractivity contribution in [1.29, 1.82) is 0 Å². The highest BCUT2D eigenvalue weighted by Crippen LogP contribution is 2.35. The van der Waals surface area contributed by atoms with Gasteiger partial charge in [0.05, 0.1) is 25.5 Å². The molecule has 1 aliphatic heterocycles. The molecule has 35 heavy (non-hydrogen) atoms. The molecule has 1 heterocycles. The van der Waals surface area contributed by atoms with Crippen LogP contribution in [0.3, 0.4) is 0 Å². The Labute approximate surface area is 207 Å². The van der Waals surface area contributed by atoms with Crippen molar-refractivity contribution in [3.63, 3.8) is 0 Å². The number of anilines is 1. The number of ether oxygens (including phenoxy) is 2. The minimum absolute atomic E-state index is 0.118. The van der Waals surface area contributed by atoms with Crippen molar-refractivity contribution in [3.8, 4) is 11.5 Å². The molecule has 2 atom stereocenters. The van der Waals surface area contributed by atoms with Gasteiger partial charge in [0.15, 0.2) is 11.5 Å². The normalized spacial score (nSPS) is 20.3. The van der Waals surface area contributed by atoms with E-state index in [0.29, 0.717) is 13.0 Å². The standard InChI is InChI=1S/C28H35N3O4/c1-4-21-15-24(18-32)31(17-20-8-7-9-23(14-20)29-19(2)33)30-28(21)22-12-13-26(34-3)27(16-22)35-25-10-5-6-11-25/h7-9,12-14,16,18,21,24-25H,4-6,10-11,15,17H2,1-3H3,(H,29,33). The third kappa shape index (κ3) is 6.02. The molecule has 2 aliphatic rings. The van der Waals surface area contributed by atoms with Crippen LogP contribution >= 0.6 is 0 Å². The third-order valence-corrected chi connectivity index (χ3v) is 6.83. The SMILES string of the molecule is CCC1CC(C=O)N(Cc2cccc(NC(C)=O)c2)N=C1c1ccc(OC)c(OC2CCCC2)c1. The molecule has 1 fully saturated rings. The zero-order valence-corrected chi connectivity index (χ0v) is 20.8. The summed E-state index contributed by atoms with van der Waals surface area (Å²) >= 11 is 0. The van der Waals surface area contributed by atoms with E-state index in [4.69, 9.17) is 14.6 Å². The molecule has 186 valence electrons. The molecule has 0 spiro atoms. The number of rotatable bonds is 9. The maximum Gasteiger partial charge on any atom is 0.221 e. The van der Waals surface area contributed by atoms with Gasteiger partial charge in [-0.1, -0.05) is 19.1 Å². The Morgan fingerprint density at radius 1 is 1.17 bits per heavy atom. The fourth-order valence-corrected chi connectivity index (χ4v) is 5.00. The summed E-state index contributed by atoms with van der Waals surface area (Å²) in [5.74, 6) is 1.52. The first kappa shape index (κ1) is 24.8. The molecule has 0 bridgehead atoms. The maximum absolute atomic E-state index is 12.0. The predicted octanol–water partition coefficient (Wildman–Crippen LogP) is 5.18. The van der Waals surface area contributed by atoms with Crippen LogP contribution in [0.2, 0.25) is 0 Å². The number of amides is 1. The first-order chi connectivity index (χ1) is 17.0. The quantitative estimate of drug-likeness (QED) is 0.504. The van der Waals surface area contributed by atoms with E-state index in [1.165, 1.54) is 19.8 Å². The van der Waals surface area contributed by atoms with Gasteiger partial charge in [-0.2, -0.15) is 5.10 Å². The highest BCUT2D eigenvalue weighted by Gasteiger charge is 2.31. The lowest BCUT2D eigenvalue weighted by Gasteiger charge is -2.35. The topological polar surface area (TPSA) is 80.2 Å². The largest absolute Gasteiger partial charge is 0.493 e. The second kappa shape index (κ2) is 11.4. The molecule has 1 saturated carbocycles. The van der Waals surface area contributed by atoms with Gasteiger partial charge in [0.2, 0.25) is 5.91 Å². The summed E-state index contributed by atoms with van der Waals surface area (Å²) in [4.78, 5) is 23.5. The average molecular weight is 478 g/mol. The van der Waals surface area contributed by atoms with Crippen molar-refractivity contribution >= 4 is 23.6 Å². The van der Waals surface area contributed by atoms with E-state index in [0.717, 1.165) is 59.6 Å². The van der Waals surface area contributed by atoms with Crippen LogP contribution in [0.4, 0.5) is 5.69 Å². The van der Waals surface area contributed by atoms with Crippen LogP contribution in [0.25, 0.3) is 0 Å². The molecule has 0 aromatic heterocycles. The number of carbonyl (C=O) groups is 2. The molecule has 0 radical (unpaired) electrons. The number of carbonyl (C=O) groups excluding carboxylic acids is 2. The molecule has 2 aromatic carbocycles. The Morgan fingerprint density at radius 2 is 1.97 bits per heavy atom. The summed E-state index contributed by atoms with van der Waals surface area (Å²) in [6.45, 7) is 4.09. The first-order valence-electron chi connectivity index (χ1n) is 12.5. The van der Waals surface area contributed by atoms with Crippen molar-refractivity contribution < 1.29 is 19.1 Å². The van der Waals surface area contributed by atoms with Crippen LogP contribution in [0.5, 0.6) is 11.5 Å². The van der Waals surface area contributed by atoms with Crippen molar-refractivity contribution in [2.45, 2.75) is 71.1 Å². The van der Waals surface area contributed by atoms with Crippen molar-refractivity contribution in [1.82, 2.24) is 5.01 Å². The summed E-state index contributed by atoms with van der Waals surface area (Å²) in [6.07, 6.45) is 7.33. The number of hydrazone groups is 1. The molecule has 7 nitrogen and oxygen atoms in total. The Hall–Kier alpha value is -3.35. The first-order valence-corrected chi connectivity index (χ1v) is 12.5. The summed E-state index contributed by atoms with van der Waals surface area (Å²) in [6, 6.07) is 13.4. The Bertz CT molecular complexity index is 1080. The minimum Gasteiger partial charge on any atom is -0.493 e. The van der Waals surface area contributed by atoms with Crippen LogP contribution in [0.15, 0.2) is 47.6 Å². The number of nitrogens with zero attached hydrogens (tertiary/aromatic N) is 2. The van der Waals surface area contributed by atoms with Gasteiger partial charge < -0.3 is 19.6 Å². The van der Waals surface area contributed by atoms with Gasteiger partial charge in [-0.25, -0.2) is 0 Å². The summed E-state index contributed by atoms with van der Waals surface area (Å²) < 4.78 is 11.9. The molecule has 7 heteroatoms. The lowest BCUT2D eigenvalue weighted by molar-refractivity contribution is -0.114. The molecule has 1 N–H and O–H groups in total. The van der Waals surface area contributed by atoms with Gasteiger partial charge in [-0.3, -0.25) is 9.80 Å². The summed E-state index contributed by atoms with van der Waals surface area (Å²) in [7, 11) is 1.66. The fourth-order valence-electron chi connectivity index (χ4n) is 5.00. The second-order valence-electron chi connectivity index (χ2n) is 9.40. The molecule has 2 aromatic rings. The molecule has 1 amide bonds. The van der Waals surface area contributed by atoms with E-state index in [1.807, 2.05) is 47.5 Å². The monoisotopic (exact) mass is 477 g/mol. The van der Waals surface area contributed by atoms with Crippen LogP contribution in [-0.4, -0.2) is 42.2 Å². The Kier molecular flexibility index (Phi) is 8.06. The van der Waals surface area contributed by atoms with E-state index < -0.39 is 0 Å². The smallest absolute Gasteiger partial charge is 0.221 e. The Morgan fingerprint density at radius 3 is 2.66 bits per heavy atom. The van der Waals surface area contributed by atoms with E-state index in [9.17, 15) is 9.59 Å². The Balaban J connectivity index is 1.64. The zero-order chi connectivity index (χ0) is 24.8. The van der Waals surface area contributed by atoms with Crippen molar-refractivity contribution in [2.24, 2.45) is 11.0 Å². The second-order valence-corrected chi connectivity index (χ2v) is 9.40. The predicted molar refractivity (Wildman–Crippen MR) is 137 cm³/mol. The number of hydrogen-bond donors (Lipinski definition) is 1. The third-order valence-electron chi connectivity index (χ3n) is 6.83. The average Bonchev–Trinajstić information content (AvgIpc) is 3.36. The van der Waals surface area contributed by atoms with Crippen LogP contribution < -0.4 is 14.8 Å². The summed E-state index contributed by atoms with van der Waals surface area (Å²) in [5, 5.41) is 9.69. The highest BCUT2D eigenvalue weighted by molar-refractivity contribution is 6.03. The van der Waals surface area contributed by atoms with E-state index in [-0.39, 0.29) is 24.0 Å². The van der Waals surface area contributed by atoms with Gasteiger partial charge in [-0.15, -0.1) is 0 Å². The van der Waals surface area contributed by atoms with Gasteiger partial charge in [-0.05, 0) is 74.4 Å². The summed E-state index contributed by atoms with van der Waals surface area (Å²) in [5.41, 5.74) is 3.66. The van der Waals surface area contributed by atoms with Crippen LogP contribution in [0, 0.1) is 5.92 Å². The molecule has 0 saturated heterocycles. The van der Waals surface area contributed by atoms with Crippen molar-refractivity contribution in [3.05, 3.63) is 53.6 Å². The highest BCUT2D eigenvalue weighted by atomic mass is 16.5. The zero-order valence-electron chi connectivity index (χ0n) is 20.8. The van der Waals surface area contributed by atoms with Crippen LogP contribution in [-0.2, 0) is 16.1 Å². The number of methoxy groups -OCH3 is 1. The lowest BCUT2D eigenvalue weighted by Crippen LogP contribution is -2.41. The molecular weight excluding hydrogens is 442 g/mol. The molecular formula is C28H35N3O4. The lowest BCUT2D eigenvalue weighted by atomic mass is 9.87.